The van der Waals surface area contributed by atoms with Crippen molar-refractivity contribution in [1.82, 2.24) is 14.5 Å². The van der Waals surface area contributed by atoms with Gasteiger partial charge < -0.3 is 19.5 Å². The normalized spacial score (nSPS) is 17.8. The first kappa shape index (κ1) is 15.6. The Morgan fingerprint density at radius 1 is 1.20 bits per heavy atom. The molecule has 1 aliphatic heterocycles. The van der Waals surface area contributed by atoms with E-state index in [1.54, 1.807) is 17.0 Å². The van der Waals surface area contributed by atoms with Crippen LogP contribution in [0.4, 0.5) is 5.82 Å². The third-order valence-corrected chi connectivity index (χ3v) is 4.82. The third kappa shape index (κ3) is 2.73. The summed E-state index contributed by atoms with van der Waals surface area (Å²) in [6.07, 6.45) is 4.19. The second-order valence-electron chi connectivity index (χ2n) is 6.48. The van der Waals surface area contributed by atoms with Crippen LogP contribution in [-0.2, 0) is 4.79 Å². The van der Waals surface area contributed by atoms with Crippen molar-refractivity contribution in [3.05, 3.63) is 34.1 Å². The lowest BCUT2D eigenvalue weighted by Crippen LogP contribution is -2.46. The minimum absolute atomic E-state index is 0.205. The van der Waals surface area contributed by atoms with Crippen LogP contribution in [0, 0.1) is 0 Å². The Balaban J connectivity index is 1.79. The van der Waals surface area contributed by atoms with E-state index < -0.39 is 11.4 Å². The number of rotatable bonds is 4. The standard InChI is InChI=1S/C17H18N4O4/c22-10-19-5-7-20(8-6-19)14-4-3-12-15(23)13(17(24)25)9-21(11-1-2-11)16(12)18-14/h3-4,9-11H,1-2,5-8H2,(H,24,25). The predicted octanol–water partition coefficient (Wildman–Crippen LogP) is 0.708. The van der Waals surface area contributed by atoms with E-state index in [4.69, 9.17) is 0 Å². The van der Waals surface area contributed by atoms with E-state index in [0.717, 1.165) is 25.1 Å². The van der Waals surface area contributed by atoms with Gasteiger partial charge in [0.1, 0.15) is 17.0 Å². The Labute approximate surface area is 143 Å². The second kappa shape index (κ2) is 5.87. The molecule has 0 radical (unpaired) electrons. The molecule has 0 atom stereocenters. The zero-order valence-corrected chi connectivity index (χ0v) is 13.6. The number of nitrogens with zero attached hydrogens (tertiary/aromatic N) is 4. The summed E-state index contributed by atoms with van der Waals surface area (Å²) in [5.41, 5.74) is -0.175. The lowest BCUT2D eigenvalue weighted by molar-refractivity contribution is -0.118. The summed E-state index contributed by atoms with van der Waals surface area (Å²) in [6.45, 7) is 2.63. The van der Waals surface area contributed by atoms with Gasteiger partial charge in [0.15, 0.2) is 0 Å². The highest BCUT2D eigenvalue weighted by molar-refractivity contribution is 5.92. The molecule has 0 bridgehead atoms. The first-order valence-electron chi connectivity index (χ1n) is 8.32. The molecule has 1 amide bonds. The average Bonchev–Trinajstić information content (AvgIpc) is 3.46. The highest BCUT2D eigenvalue weighted by atomic mass is 16.4. The summed E-state index contributed by atoms with van der Waals surface area (Å²) >= 11 is 0. The molecule has 0 spiro atoms. The van der Waals surface area contributed by atoms with E-state index in [1.165, 1.54) is 6.20 Å². The smallest absolute Gasteiger partial charge is 0.341 e. The maximum absolute atomic E-state index is 12.4. The van der Waals surface area contributed by atoms with Crippen molar-refractivity contribution in [2.45, 2.75) is 18.9 Å². The monoisotopic (exact) mass is 342 g/mol. The van der Waals surface area contributed by atoms with Gasteiger partial charge in [-0.2, -0.15) is 0 Å². The topological polar surface area (TPSA) is 95.7 Å². The average molecular weight is 342 g/mol. The lowest BCUT2D eigenvalue weighted by Gasteiger charge is -2.33. The number of hydrogen-bond acceptors (Lipinski definition) is 5. The molecule has 1 saturated carbocycles. The van der Waals surface area contributed by atoms with E-state index in [-0.39, 0.29) is 11.6 Å². The van der Waals surface area contributed by atoms with Gasteiger partial charge in [0.05, 0.1) is 5.39 Å². The number of aromatic carboxylic acids is 1. The summed E-state index contributed by atoms with van der Waals surface area (Å²) in [4.78, 5) is 43.1. The Morgan fingerprint density at radius 3 is 2.52 bits per heavy atom. The van der Waals surface area contributed by atoms with E-state index in [1.807, 2.05) is 4.57 Å². The van der Waals surface area contributed by atoms with Gasteiger partial charge in [-0.05, 0) is 25.0 Å². The van der Waals surface area contributed by atoms with Crippen LogP contribution in [0.15, 0.2) is 23.1 Å². The number of carboxylic acids is 1. The van der Waals surface area contributed by atoms with Gasteiger partial charge in [-0.1, -0.05) is 0 Å². The van der Waals surface area contributed by atoms with E-state index in [9.17, 15) is 19.5 Å². The molecule has 2 aromatic heterocycles. The fourth-order valence-electron chi connectivity index (χ4n) is 3.23. The van der Waals surface area contributed by atoms with Gasteiger partial charge in [0, 0.05) is 38.4 Å². The Bertz CT molecular complexity index is 911. The Kier molecular flexibility index (Phi) is 3.67. The quantitative estimate of drug-likeness (QED) is 0.822. The third-order valence-electron chi connectivity index (χ3n) is 4.82. The summed E-state index contributed by atoms with van der Waals surface area (Å²) in [7, 11) is 0. The molecular formula is C17H18N4O4. The summed E-state index contributed by atoms with van der Waals surface area (Å²) in [5, 5.41) is 9.62. The number of aromatic nitrogens is 2. The van der Waals surface area contributed by atoms with E-state index in [2.05, 4.69) is 9.88 Å². The molecule has 1 N–H and O–H groups in total. The molecule has 8 heteroatoms. The number of piperazine rings is 1. The van der Waals surface area contributed by atoms with Crippen LogP contribution < -0.4 is 10.3 Å². The fourth-order valence-corrected chi connectivity index (χ4v) is 3.23. The molecule has 0 aromatic carbocycles. The molecule has 0 unspecified atom stereocenters. The second-order valence-corrected chi connectivity index (χ2v) is 6.48. The molecule has 2 fully saturated rings. The van der Waals surface area contributed by atoms with Crippen LogP contribution in [0.1, 0.15) is 29.2 Å². The Morgan fingerprint density at radius 2 is 1.92 bits per heavy atom. The first-order valence-corrected chi connectivity index (χ1v) is 8.32. The number of amides is 1. The molecule has 8 nitrogen and oxygen atoms in total. The highest BCUT2D eigenvalue weighted by Crippen LogP contribution is 2.36. The number of pyridine rings is 2. The SMILES string of the molecule is O=CN1CCN(c2ccc3c(=O)c(C(=O)O)cn(C4CC4)c3n2)CC1. The van der Waals surface area contributed by atoms with Crippen LogP contribution in [-0.4, -0.2) is 58.1 Å². The molecule has 4 rings (SSSR count). The number of hydrogen-bond donors (Lipinski definition) is 1. The van der Waals surface area contributed by atoms with Crippen molar-refractivity contribution in [3.63, 3.8) is 0 Å². The predicted molar refractivity (Wildman–Crippen MR) is 91.1 cm³/mol. The van der Waals surface area contributed by atoms with Gasteiger partial charge in [0.25, 0.3) is 0 Å². The largest absolute Gasteiger partial charge is 0.477 e. The number of fused-ring (bicyclic) bond motifs is 1. The molecular weight excluding hydrogens is 324 g/mol. The van der Waals surface area contributed by atoms with Crippen molar-refractivity contribution in [2.24, 2.45) is 0 Å². The van der Waals surface area contributed by atoms with Crippen molar-refractivity contribution < 1.29 is 14.7 Å². The molecule has 25 heavy (non-hydrogen) atoms. The molecule has 1 saturated heterocycles. The maximum atomic E-state index is 12.4. The number of carbonyl (C=O) groups is 2. The van der Waals surface area contributed by atoms with Crippen LogP contribution in [0.3, 0.4) is 0 Å². The molecule has 2 aromatic rings. The van der Waals surface area contributed by atoms with Crippen LogP contribution in [0.25, 0.3) is 11.0 Å². The minimum atomic E-state index is -1.21. The fraction of sp³-hybridized carbons (Fsp3) is 0.412. The summed E-state index contributed by atoms with van der Waals surface area (Å²) in [6, 6.07) is 3.62. The summed E-state index contributed by atoms with van der Waals surface area (Å²) < 4.78 is 1.82. The van der Waals surface area contributed by atoms with Crippen molar-refractivity contribution in [1.29, 1.82) is 0 Å². The summed E-state index contributed by atoms with van der Waals surface area (Å²) in [5.74, 6) is -0.467. The first-order chi connectivity index (χ1) is 12.1. The van der Waals surface area contributed by atoms with E-state index in [0.29, 0.717) is 37.2 Å². The zero-order chi connectivity index (χ0) is 17.6. The van der Waals surface area contributed by atoms with Crippen LogP contribution >= 0.6 is 0 Å². The molecule has 130 valence electrons. The molecule has 3 heterocycles. The Hall–Kier alpha value is -2.90. The van der Waals surface area contributed by atoms with Gasteiger partial charge in [-0.15, -0.1) is 0 Å². The van der Waals surface area contributed by atoms with Crippen LogP contribution in [0.2, 0.25) is 0 Å². The van der Waals surface area contributed by atoms with Gasteiger partial charge >= 0.3 is 5.97 Å². The lowest BCUT2D eigenvalue weighted by atomic mass is 10.2. The minimum Gasteiger partial charge on any atom is -0.477 e. The molecule has 2 aliphatic rings. The highest BCUT2D eigenvalue weighted by Gasteiger charge is 2.28. The number of anilines is 1. The van der Waals surface area contributed by atoms with Gasteiger partial charge in [-0.25, -0.2) is 9.78 Å². The zero-order valence-electron chi connectivity index (χ0n) is 13.6. The van der Waals surface area contributed by atoms with Crippen LogP contribution in [0.5, 0.6) is 0 Å². The van der Waals surface area contributed by atoms with Crippen molar-refractivity contribution in [2.75, 3.05) is 31.1 Å². The van der Waals surface area contributed by atoms with Gasteiger partial charge in [0.2, 0.25) is 11.8 Å². The van der Waals surface area contributed by atoms with Crippen molar-refractivity contribution in [3.8, 4) is 0 Å². The number of carbonyl (C=O) groups excluding carboxylic acids is 1. The molecule has 1 aliphatic carbocycles. The maximum Gasteiger partial charge on any atom is 0.341 e. The van der Waals surface area contributed by atoms with Crippen molar-refractivity contribution >= 4 is 29.2 Å². The van der Waals surface area contributed by atoms with Gasteiger partial charge in [-0.3, -0.25) is 9.59 Å². The number of carboxylic acid groups (broad SMARTS) is 1. The van der Waals surface area contributed by atoms with E-state index >= 15 is 0 Å².